The van der Waals surface area contributed by atoms with Gasteiger partial charge in [-0.15, -0.1) is 0 Å². The molecule has 0 aromatic heterocycles. The van der Waals surface area contributed by atoms with Crippen molar-refractivity contribution in [2.75, 3.05) is 0 Å². The molecule has 0 aromatic carbocycles. The molecule has 8 heteroatoms. The molecule has 0 saturated heterocycles. The van der Waals surface area contributed by atoms with Crippen molar-refractivity contribution in [1.29, 1.82) is 0 Å². The summed E-state index contributed by atoms with van der Waals surface area (Å²) in [5.41, 5.74) is -1.69. The highest BCUT2D eigenvalue weighted by Crippen LogP contribution is 2.69. The van der Waals surface area contributed by atoms with Gasteiger partial charge in [-0.25, -0.2) is 0 Å². The molecule has 8 saturated carbocycles. The Morgan fingerprint density at radius 1 is 0.750 bits per heavy atom. The van der Waals surface area contributed by atoms with Crippen LogP contribution in [0.25, 0.3) is 0 Å². The molecule has 0 heterocycles. The minimum absolute atomic E-state index is 0.0610. The van der Waals surface area contributed by atoms with Crippen molar-refractivity contribution < 1.29 is 29.3 Å². The van der Waals surface area contributed by atoms with Crippen LogP contribution < -0.4 is 0 Å². The van der Waals surface area contributed by atoms with Crippen molar-refractivity contribution in [3.63, 3.8) is 0 Å². The Morgan fingerprint density at radius 2 is 1.31 bits per heavy atom. The fourth-order valence-electron chi connectivity index (χ4n) is 9.64. The lowest BCUT2D eigenvalue weighted by Crippen LogP contribution is -2.71. The van der Waals surface area contributed by atoms with Gasteiger partial charge in [0.2, 0.25) is 0 Å². The van der Waals surface area contributed by atoms with Crippen LogP contribution in [0.3, 0.4) is 0 Å². The second-order valence-electron chi connectivity index (χ2n) is 12.6. The molecule has 8 fully saturated rings. The quantitative estimate of drug-likeness (QED) is 0.242. The highest BCUT2D eigenvalue weighted by molar-refractivity contribution is 14.1. The molecule has 2 N–H and O–H groups in total. The van der Waals surface area contributed by atoms with Gasteiger partial charge in [0.25, 0.3) is 0 Å². The third kappa shape index (κ3) is 3.85. The monoisotopic (exact) mass is 670 g/mol. The molecule has 0 spiro atoms. The standard InChI is InChI=1S/C24H32I2O6/c25-19-3-15-5-21(30,9-19)13-23(7-15,11-19)32-24-8-16-4-20(26,12-24)10-22(6-16,14-24)31-18(29)2-1-17(27)28/h15-16,30H,1-14H2,(H,27,28). The van der Waals surface area contributed by atoms with E-state index in [1.807, 2.05) is 0 Å². The number of aliphatic carboxylic acids is 1. The fourth-order valence-corrected chi connectivity index (χ4v) is 13.7. The maximum Gasteiger partial charge on any atom is 0.306 e. The molecule has 178 valence electrons. The minimum atomic E-state index is -0.967. The lowest BCUT2D eigenvalue weighted by molar-refractivity contribution is -0.296. The summed E-state index contributed by atoms with van der Waals surface area (Å²) in [5.74, 6) is -0.343. The maximum absolute atomic E-state index is 12.6. The van der Waals surface area contributed by atoms with Crippen LogP contribution in [0.2, 0.25) is 0 Å². The predicted octanol–water partition coefficient (Wildman–Crippen LogP) is 4.70. The van der Waals surface area contributed by atoms with Gasteiger partial charge in [0.1, 0.15) is 5.60 Å². The minimum Gasteiger partial charge on any atom is -0.481 e. The van der Waals surface area contributed by atoms with E-state index in [2.05, 4.69) is 45.2 Å². The first-order valence-electron chi connectivity index (χ1n) is 12.1. The molecule has 8 bridgehead atoms. The molecule has 32 heavy (non-hydrogen) atoms. The maximum atomic E-state index is 12.6. The predicted molar refractivity (Wildman–Crippen MR) is 133 cm³/mol. The normalized spacial score (nSPS) is 54.7. The number of rotatable bonds is 6. The summed E-state index contributed by atoms with van der Waals surface area (Å²) in [6, 6.07) is 0. The number of carboxylic acids is 1. The average molecular weight is 670 g/mol. The number of ether oxygens (including phenoxy) is 2. The molecule has 8 aliphatic rings. The summed E-state index contributed by atoms with van der Waals surface area (Å²) in [7, 11) is 0. The Balaban J connectivity index is 1.27. The number of hydrogen-bond acceptors (Lipinski definition) is 5. The van der Waals surface area contributed by atoms with E-state index in [1.165, 1.54) is 6.42 Å². The molecule has 6 nitrogen and oxygen atoms in total. The van der Waals surface area contributed by atoms with Gasteiger partial charge in [-0.2, -0.15) is 0 Å². The van der Waals surface area contributed by atoms with E-state index in [9.17, 15) is 14.7 Å². The zero-order valence-electron chi connectivity index (χ0n) is 18.3. The van der Waals surface area contributed by atoms with Crippen LogP contribution in [0.4, 0.5) is 0 Å². The molecule has 0 radical (unpaired) electrons. The highest BCUT2D eigenvalue weighted by Gasteiger charge is 2.69. The van der Waals surface area contributed by atoms with Gasteiger partial charge in [-0.3, -0.25) is 9.59 Å². The van der Waals surface area contributed by atoms with E-state index < -0.39 is 17.2 Å². The Morgan fingerprint density at radius 3 is 1.91 bits per heavy atom. The summed E-state index contributed by atoms with van der Waals surface area (Å²) in [6.07, 6.45) is 11.1. The average Bonchev–Trinajstić information content (AvgIpc) is 2.52. The SMILES string of the molecule is O=C(O)CCC(=O)OC12CC3CC(I)(C1)CC(OC14CC5CC(O)(CC(I)(C5)C1)C4)(C3)C2. The third-order valence-electron chi connectivity index (χ3n) is 9.12. The zero-order chi connectivity index (χ0) is 22.6. The first kappa shape index (κ1) is 22.8. The molecule has 8 unspecified atom stereocenters. The number of aliphatic hydroxyl groups is 1. The molecular formula is C24H32I2O6. The number of alkyl halides is 2. The number of halogens is 2. The Bertz CT molecular complexity index is 861. The first-order chi connectivity index (χ1) is 14.8. The molecule has 0 aliphatic heterocycles. The molecule has 8 rings (SSSR count). The Kier molecular flexibility index (Phi) is 4.95. The van der Waals surface area contributed by atoms with Crippen LogP contribution in [-0.4, -0.2) is 51.4 Å². The van der Waals surface area contributed by atoms with Crippen molar-refractivity contribution in [1.82, 2.24) is 0 Å². The third-order valence-corrected chi connectivity index (χ3v) is 11.5. The second kappa shape index (κ2) is 6.96. The van der Waals surface area contributed by atoms with E-state index >= 15 is 0 Å². The highest BCUT2D eigenvalue weighted by atomic mass is 127. The van der Waals surface area contributed by atoms with Gasteiger partial charge in [0.15, 0.2) is 0 Å². The summed E-state index contributed by atoms with van der Waals surface area (Å²) < 4.78 is 13.6. The van der Waals surface area contributed by atoms with E-state index in [1.54, 1.807) is 0 Å². The number of hydrogen-bond donors (Lipinski definition) is 2. The van der Waals surface area contributed by atoms with E-state index in [4.69, 9.17) is 14.6 Å². The van der Waals surface area contributed by atoms with Crippen LogP contribution in [0.1, 0.15) is 89.9 Å². The lowest BCUT2D eigenvalue weighted by Gasteiger charge is -2.68. The Hall–Kier alpha value is 0.320. The first-order valence-corrected chi connectivity index (χ1v) is 14.2. The molecule has 8 aliphatic carbocycles. The van der Waals surface area contributed by atoms with Crippen molar-refractivity contribution >= 4 is 57.1 Å². The van der Waals surface area contributed by atoms with Gasteiger partial charge in [-0.05, 0) is 69.6 Å². The lowest BCUT2D eigenvalue weighted by atomic mass is 9.50. The van der Waals surface area contributed by atoms with Crippen molar-refractivity contribution in [2.24, 2.45) is 11.8 Å². The topological polar surface area (TPSA) is 93.1 Å². The van der Waals surface area contributed by atoms with E-state index in [0.29, 0.717) is 11.8 Å². The largest absolute Gasteiger partial charge is 0.481 e. The summed E-state index contributed by atoms with van der Waals surface area (Å²) >= 11 is 5.20. The van der Waals surface area contributed by atoms with Gasteiger partial charge >= 0.3 is 11.9 Å². The van der Waals surface area contributed by atoms with Gasteiger partial charge in [0.05, 0.1) is 29.6 Å². The van der Waals surface area contributed by atoms with Crippen LogP contribution in [0.5, 0.6) is 0 Å². The molecular weight excluding hydrogens is 638 g/mol. The van der Waals surface area contributed by atoms with Crippen LogP contribution in [-0.2, 0) is 19.1 Å². The summed E-state index contributed by atoms with van der Waals surface area (Å²) in [6.45, 7) is 0. The van der Waals surface area contributed by atoms with Gasteiger partial charge in [-0.1, -0.05) is 45.2 Å². The molecule has 0 aromatic rings. The van der Waals surface area contributed by atoms with Gasteiger partial charge in [0, 0.05) is 26.1 Å². The van der Waals surface area contributed by atoms with Crippen LogP contribution in [0, 0.1) is 11.8 Å². The second-order valence-corrected chi connectivity index (χ2v) is 17.1. The summed E-state index contributed by atoms with van der Waals surface area (Å²) in [4.78, 5) is 23.5. The molecule has 0 amide bonds. The van der Waals surface area contributed by atoms with Crippen molar-refractivity contribution in [3.05, 3.63) is 0 Å². The molecule has 8 atom stereocenters. The number of esters is 1. The van der Waals surface area contributed by atoms with Crippen LogP contribution >= 0.6 is 45.2 Å². The number of carbonyl (C=O) groups excluding carboxylic acids is 1. The fraction of sp³-hybridized carbons (Fsp3) is 0.917. The summed E-state index contributed by atoms with van der Waals surface area (Å²) in [5, 5.41) is 20.3. The van der Waals surface area contributed by atoms with Gasteiger partial charge < -0.3 is 19.7 Å². The smallest absolute Gasteiger partial charge is 0.306 e. The van der Waals surface area contributed by atoms with Crippen molar-refractivity contribution in [2.45, 2.75) is 119 Å². The Labute approximate surface area is 216 Å². The number of carbonyl (C=O) groups is 2. The number of carboxylic acid groups (broad SMARTS) is 1. The van der Waals surface area contributed by atoms with Crippen LogP contribution in [0.15, 0.2) is 0 Å². The van der Waals surface area contributed by atoms with Crippen molar-refractivity contribution in [3.8, 4) is 0 Å². The van der Waals surface area contributed by atoms with E-state index in [0.717, 1.165) is 70.6 Å². The van der Waals surface area contributed by atoms with E-state index in [-0.39, 0.29) is 36.9 Å². The zero-order valence-corrected chi connectivity index (χ0v) is 22.7.